The Hall–Kier alpha value is -3.28. The number of nitrogens with one attached hydrogen (secondary N) is 2. The molecule has 0 aliphatic carbocycles. The Kier molecular flexibility index (Phi) is 6.55. The summed E-state index contributed by atoms with van der Waals surface area (Å²) in [6, 6.07) is 18.5. The van der Waals surface area contributed by atoms with Crippen molar-refractivity contribution in [2.24, 2.45) is 0 Å². The van der Waals surface area contributed by atoms with Gasteiger partial charge in [0, 0.05) is 61.8 Å². The van der Waals surface area contributed by atoms with Crippen LogP contribution in [0.1, 0.15) is 30.5 Å². The van der Waals surface area contributed by atoms with Crippen molar-refractivity contribution in [3.05, 3.63) is 65.9 Å². The van der Waals surface area contributed by atoms with Crippen molar-refractivity contribution in [3.63, 3.8) is 0 Å². The number of aromatic nitrogens is 1. The number of hydrogen-bond donors (Lipinski definition) is 2. The number of carbonyl (C=O) groups excluding carboxylic acids is 2. The summed E-state index contributed by atoms with van der Waals surface area (Å²) in [6.45, 7) is 2.79. The molecule has 0 saturated heterocycles. The van der Waals surface area contributed by atoms with Gasteiger partial charge in [0.05, 0.1) is 6.54 Å². The van der Waals surface area contributed by atoms with Gasteiger partial charge in [0.15, 0.2) is 0 Å². The maximum absolute atomic E-state index is 12.6. The van der Waals surface area contributed by atoms with Crippen LogP contribution in [-0.2, 0) is 22.6 Å². The Balaban J connectivity index is 1.17. The van der Waals surface area contributed by atoms with E-state index in [4.69, 9.17) is 0 Å². The highest BCUT2D eigenvalue weighted by atomic mass is 16.2. The second-order valence-electron chi connectivity index (χ2n) is 8.15. The van der Waals surface area contributed by atoms with Crippen molar-refractivity contribution in [2.75, 3.05) is 31.6 Å². The van der Waals surface area contributed by atoms with Gasteiger partial charge in [0.1, 0.15) is 0 Å². The summed E-state index contributed by atoms with van der Waals surface area (Å²) in [5, 5.41) is 4.19. The number of carbonyl (C=O) groups is 2. The van der Waals surface area contributed by atoms with Crippen LogP contribution in [0.2, 0.25) is 0 Å². The van der Waals surface area contributed by atoms with Crippen LogP contribution >= 0.6 is 0 Å². The summed E-state index contributed by atoms with van der Waals surface area (Å²) in [7, 11) is 2.05. The average Bonchev–Trinajstić information content (AvgIpc) is 3.18. The zero-order chi connectivity index (χ0) is 21.6. The van der Waals surface area contributed by atoms with Crippen LogP contribution in [0.25, 0.3) is 10.9 Å². The van der Waals surface area contributed by atoms with E-state index in [1.807, 2.05) is 42.3 Å². The standard InChI is InChI=1S/C25H30N4O2/c1-28(19-8-3-2-4-9-19)16-7-15-26-24(30)12-13-25(31)29-17-14-21-20-10-5-6-11-22(20)27-23(21)18-29/h2-6,8-11,27H,7,12-18H2,1H3,(H,26,30). The smallest absolute Gasteiger partial charge is 0.223 e. The molecule has 0 spiro atoms. The molecule has 2 aromatic carbocycles. The fourth-order valence-electron chi connectivity index (χ4n) is 4.23. The van der Waals surface area contributed by atoms with Gasteiger partial charge in [-0.3, -0.25) is 9.59 Å². The molecule has 31 heavy (non-hydrogen) atoms. The van der Waals surface area contributed by atoms with Crippen molar-refractivity contribution in [3.8, 4) is 0 Å². The number of fused-ring (bicyclic) bond motifs is 3. The lowest BCUT2D eigenvalue weighted by Crippen LogP contribution is -2.36. The molecule has 0 bridgehead atoms. The van der Waals surface area contributed by atoms with Gasteiger partial charge in [-0.05, 0) is 36.6 Å². The predicted molar refractivity (Wildman–Crippen MR) is 124 cm³/mol. The number of hydrogen-bond acceptors (Lipinski definition) is 3. The second kappa shape index (κ2) is 9.69. The van der Waals surface area contributed by atoms with Gasteiger partial charge in [0.25, 0.3) is 0 Å². The average molecular weight is 419 g/mol. The third-order valence-electron chi connectivity index (χ3n) is 5.99. The molecule has 0 unspecified atom stereocenters. The monoisotopic (exact) mass is 418 g/mol. The molecule has 162 valence electrons. The van der Waals surface area contributed by atoms with E-state index in [0.717, 1.165) is 30.6 Å². The molecular formula is C25H30N4O2. The lowest BCUT2D eigenvalue weighted by Gasteiger charge is -2.27. The molecule has 1 aromatic heterocycles. The Morgan fingerprint density at radius 3 is 2.68 bits per heavy atom. The topological polar surface area (TPSA) is 68.4 Å². The number of anilines is 1. The van der Waals surface area contributed by atoms with Crippen LogP contribution in [0.5, 0.6) is 0 Å². The molecule has 6 nitrogen and oxygen atoms in total. The SMILES string of the molecule is CN(CCCNC(=O)CCC(=O)N1CCc2c([nH]c3ccccc23)C1)c1ccccc1. The van der Waals surface area contributed by atoms with E-state index >= 15 is 0 Å². The summed E-state index contributed by atoms with van der Waals surface area (Å²) < 4.78 is 0. The summed E-state index contributed by atoms with van der Waals surface area (Å²) in [6.07, 6.45) is 2.21. The van der Waals surface area contributed by atoms with Crippen LogP contribution in [0.4, 0.5) is 5.69 Å². The highest BCUT2D eigenvalue weighted by molar-refractivity contribution is 5.86. The molecule has 0 fully saturated rings. The molecule has 2 heterocycles. The molecule has 6 heteroatoms. The number of nitrogens with zero attached hydrogens (tertiary/aromatic N) is 2. The second-order valence-corrected chi connectivity index (χ2v) is 8.15. The van der Waals surface area contributed by atoms with Crippen LogP contribution < -0.4 is 10.2 Å². The minimum Gasteiger partial charge on any atom is -0.375 e. The zero-order valence-electron chi connectivity index (χ0n) is 18.1. The third-order valence-corrected chi connectivity index (χ3v) is 5.99. The van der Waals surface area contributed by atoms with Crippen LogP contribution in [-0.4, -0.2) is 48.4 Å². The van der Waals surface area contributed by atoms with E-state index < -0.39 is 0 Å². The van der Waals surface area contributed by atoms with E-state index in [1.165, 1.54) is 16.6 Å². The van der Waals surface area contributed by atoms with Gasteiger partial charge < -0.3 is 20.1 Å². The molecule has 1 aliphatic rings. The Bertz CT molecular complexity index is 1040. The predicted octanol–water partition coefficient (Wildman–Crippen LogP) is 3.48. The Morgan fingerprint density at radius 2 is 1.84 bits per heavy atom. The van der Waals surface area contributed by atoms with Crippen molar-refractivity contribution < 1.29 is 9.59 Å². The molecule has 3 aromatic rings. The maximum atomic E-state index is 12.6. The number of H-pyrrole nitrogens is 1. The lowest BCUT2D eigenvalue weighted by atomic mass is 10.0. The molecule has 4 rings (SSSR count). The normalized spacial score (nSPS) is 13.1. The number of para-hydroxylation sites is 2. The van der Waals surface area contributed by atoms with Crippen LogP contribution in [0, 0.1) is 0 Å². The maximum Gasteiger partial charge on any atom is 0.223 e. The third kappa shape index (κ3) is 5.08. The zero-order valence-corrected chi connectivity index (χ0v) is 18.1. The van der Waals surface area contributed by atoms with Crippen molar-refractivity contribution >= 4 is 28.4 Å². The first-order valence-corrected chi connectivity index (χ1v) is 11.0. The fourth-order valence-corrected chi connectivity index (χ4v) is 4.23. The molecule has 0 atom stereocenters. The first kappa shape index (κ1) is 21.0. The molecule has 1 aliphatic heterocycles. The Labute approximate surface area is 183 Å². The first-order valence-electron chi connectivity index (χ1n) is 11.0. The van der Waals surface area contributed by atoms with Gasteiger partial charge in [0.2, 0.25) is 11.8 Å². The van der Waals surface area contributed by atoms with Crippen LogP contribution in [0.15, 0.2) is 54.6 Å². The van der Waals surface area contributed by atoms with Gasteiger partial charge in [-0.1, -0.05) is 36.4 Å². The van der Waals surface area contributed by atoms with Crippen molar-refractivity contribution in [1.82, 2.24) is 15.2 Å². The van der Waals surface area contributed by atoms with Gasteiger partial charge in [-0.25, -0.2) is 0 Å². The summed E-state index contributed by atoms with van der Waals surface area (Å²) >= 11 is 0. The van der Waals surface area contributed by atoms with Gasteiger partial charge in [-0.15, -0.1) is 0 Å². The molecule has 0 radical (unpaired) electrons. The highest BCUT2D eigenvalue weighted by Crippen LogP contribution is 2.27. The summed E-state index contributed by atoms with van der Waals surface area (Å²) in [4.78, 5) is 32.3. The largest absolute Gasteiger partial charge is 0.375 e. The van der Waals surface area contributed by atoms with Gasteiger partial charge >= 0.3 is 0 Å². The van der Waals surface area contributed by atoms with Gasteiger partial charge in [-0.2, -0.15) is 0 Å². The Morgan fingerprint density at radius 1 is 1.06 bits per heavy atom. The van der Waals surface area contributed by atoms with E-state index in [9.17, 15) is 9.59 Å². The summed E-state index contributed by atoms with van der Waals surface area (Å²) in [5.74, 6) is -0.0118. The van der Waals surface area contributed by atoms with Crippen molar-refractivity contribution in [1.29, 1.82) is 0 Å². The van der Waals surface area contributed by atoms with E-state index in [0.29, 0.717) is 19.6 Å². The summed E-state index contributed by atoms with van der Waals surface area (Å²) in [5.41, 5.74) is 4.73. The number of amides is 2. The highest BCUT2D eigenvalue weighted by Gasteiger charge is 2.23. The lowest BCUT2D eigenvalue weighted by molar-refractivity contribution is -0.134. The van der Waals surface area contributed by atoms with E-state index in [2.05, 4.69) is 39.5 Å². The molecule has 2 amide bonds. The number of aromatic amines is 1. The quantitative estimate of drug-likeness (QED) is 0.551. The first-order chi connectivity index (χ1) is 15.1. The minimum atomic E-state index is -0.0565. The molecular weight excluding hydrogens is 388 g/mol. The minimum absolute atomic E-state index is 0.0447. The molecule has 0 saturated carbocycles. The fraction of sp³-hybridized carbons (Fsp3) is 0.360. The van der Waals surface area contributed by atoms with Crippen molar-refractivity contribution in [2.45, 2.75) is 32.2 Å². The van der Waals surface area contributed by atoms with E-state index in [1.54, 1.807) is 0 Å². The number of rotatable bonds is 8. The van der Waals surface area contributed by atoms with Crippen LogP contribution in [0.3, 0.4) is 0 Å². The van der Waals surface area contributed by atoms with E-state index in [-0.39, 0.29) is 24.7 Å². The number of benzene rings is 2. The molecule has 2 N–H and O–H groups in total.